The highest BCUT2D eigenvalue weighted by atomic mass is 16.1. The van der Waals surface area contributed by atoms with Crippen LogP contribution in [0.15, 0.2) is 79.1 Å². The van der Waals surface area contributed by atoms with Crippen LogP contribution in [0.4, 0.5) is 0 Å². The zero-order valence-corrected chi connectivity index (χ0v) is 14.3. The summed E-state index contributed by atoms with van der Waals surface area (Å²) < 4.78 is 1.71. The lowest BCUT2D eigenvalue weighted by molar-refractivity contribution is 0.0941. The minimum atomic E-state index is -0.186. The van der Waals surface area contributed by atoms with Crippen LogP contribution in [0.3, 0.4) is 0 Å². The van der Waals surface area contributed by atoms with Crippen LogP contribution in [0.25, 0.3) is 16.9 Å². The van der Waals surface area contributed by atoms with E-state index in [1.165, 1.54) is 0 Å². The molecule has 2 aromatic carbocycles. The highest BCUT2D eigenvalue weighted by molar-refractivity contribution is 6.00. The molecule has 128 valence electrons. The van der Waals surface area contributed by atoms with Gasteiger partial charge in [-0.3, -0.25) is 4.79 Å². The molecule has 0 aliphatic heterocycles. The highest BCUT2D eigenvalue weighted by Crippen LogP contribution is 2.21. The summed E-state index contributed by atoms with van der Waals surface area (Å²) in [6.45, 7) is 1.96. The predicted octanol–water partition coefficient (Wildman–Crippen LogP) is 3.89. The third-order valence-electron chi connectivity index (χ3n) is 4.36. The monoisotopic (exact) mass is 342 g/mol. The van der Waals surface area contributed by atoms with Gasteiger partial charge in [0.05, 0.1) is 17.9 Å². The van der Waals surface area contributed by atoms with Crippen molar-refractivity contribution in [2.75, 3.05) is 0 Å². The number of nitrogens with one attached hydrogen (secondary N) is 1. The maximum absolute atomic E-state index is 12.7. The molecule has 0 fully saturated rings. The Morgan fingerprint density at radius 2 is 1.69 bits per heavy atom. The number of hydrogen-bond acceptors (Lipinski definition) is 3. The fourth-order valence-corrected chi connectivity index (χ4v) is 2.98. The van der Waals surface area contributed by atoms with Crippen molar-refractivity contribution >= 4 is 11.6 Å². The van der Waals surface area contributed by atoms with Gasteiger partial charge in [0.25, 0.3) is 5.91 Å². The molecule has 0 spiro atoms. The summed E-state index contributed by atoms with van der Waals surface area (Å²) in [6.07, 6.45) is 3.28. The van der Waals surface area contributed by atoms with Crippen molar-refractivity contribution in [2.24, 2.45) is 0 Å². The topological polar surface area (TPSA) is 59.3 Å². The molecule has 0 radical (unpaired) electrons. The Morgan fingerprint density at radius 3 is 2.42 bits per heavy atom. The third kappa shape index (κ3) is 2.95. The lowest BCUT2D eigenvalue weighted by atomic mass is 10.1. The van der Waals surface area contributed by atoms with Crippen LogP contribution in [-0.4, -0.2) is 20.5 Å². The summed E-state index contributed by atoms with van der Waals surface area (Å²) in [5, 5.41) is 7.41. The van der Waals surface area contributed by atoms with Crippen molar-refractivity contribution in [3.8, 4) is 11.3 Å². The van der Waals surface area contributed by atoms with E-state index in [0.717, 1.165) is 16.8 Å². The lowest BCUT2D eigenvalue weighted by Crippen LogP contribution is -2.26. The smallest absolute Gasteiger partial charge is 0.257 e. The Labute approximate surface area is 151 Å². The molecule has 1 N–H and O–H groups in total. The van der Waals surface area contributed by atoms with Crippen LogP contribution in [0, 0.1) is 0 Å². The van der Waals surface area contributed by atoms with E-state index in [2.05, 4.69) is 15.4 Å². The van der Waals surface area contributed by atoms with Gasteiger partial charge in [0.1, 0.15) is 5.56 Å². The van der Waals surface area contributed by atoms with Gasteiger partial charge >= 0.3 is 0 Å². The summed E-state index contributed by atoms with van der Waals surface area (Å²) in [5.41, 5.74) is 3.98. The SMILES string of the molecule is C[C@@H](NC(=O)c1cnn2c(-c3ccccc3)ccnc12)c1ccccc1. The molecule has 0 aliphatic carbocycles. The Bertz CT molecular complexity index is 1040. The van der Waals surface area contributed by atoms with Gasteiger partial charge < -0.3 is 5.32 Å². The first-order valence-corrected chi connectivity index (χ1v) is 8.48. The second kappa shape index (κ2) is 6.80. The summed E-state index contributed by atoms with van der Waals surface area (Å²) in [6, 6.07) is 21.6. The second-order valence-electron chi connectivity index (χ2n) is 6.10. The first kappa shape index (κ1) is 16.0. The van der Waals surface area contributed by atoms with Crippen molar-refractivity contribution in [1.82, 2.24) is 19.9 Å². The van der Waals surface area contributed by atoms with Gasteiger partial charge in [0, 0.05) is 11.8 Å². The van der Waals surface area contributed by atoms with Crippen molar-refractivity contribution in [3.05, 3.63) is 90.3 Å². The maximum Gasteiger partial charge on any atom is 0.257 e. The van der Waals surface area contributed by atoms with Gasteiger partial charge in [-0.15, -0.1) is 0 Å². The lowest BCUT2D eigenvalue weighted by Gasteiger charge is -2.13. The fourth-order valence-electron chi connectivity index (χ4n) is 2.98. The van der Waals surface area contributed by atoms with Crippen LogP contribution in [0.2, 0.25) is 0 Å². The van der Waals surface area contributed by atoms with Crippen LogP contribution in [-0.2, 0) is 0 Å². The zero-order valence-electron chi connectivity index (χ0n) is 14.3. The molecule has 5 heteroatoms. The molecule has 5 nitrogen and oxygen atoms in total. The Kier molecular flexibility index (Phi) is 4.19. The van der Waals surface area contributed by atoms with Gasteiger partial charge in [-0.1, -0.05) is 60.7 Å². The summed E-state index contributed by atoms with van der Waals surface area (Å²) in [7, 11) is 0. The molecule has 0 bridgehead atoms. The Balaban J connectivity index is 1.66. The quantitative estimate of drug-likeness (QED) is 0.612. The fraction of sp³-hybridized carbons (Fsp3) is 0.0952. The van der Waals surface area contributed by atoms with E-state index in [1.54, 1.807) is 16.9 Å². The van der Waals surface area contributed by atoms with E-state index in [4.69, 9.17) is 0 Å². The number of nitrogens with zero attached hydrogens (tertiary/aromatic N) is 3. The minimum Gasteiger partial charge on any atom is -0.345 e. The minimum absolute atomic E-state index is 0.101. The average molecular weight is 342 g/mol. The highest BCUT2D eigenvalue weighted by Gasteiger charge is 2.18. The van der Waals surface area contributed by atoms with Gasteiger partial charge in [0.15, 0.2) is 5.65 Å². The van der Waals surface area contributed by atoms with E-state index in [9.17, 15) is 4.79 Å². The standard InChI is InChI=1S/C21H18N4O/c1-15(16-8-4-2-5-9-16)24-21(26)18-14-23-25-19(12-13-22-20(18)25)17-10-6-3-7-11-17/h2-15H,1H3,(H,24,26)/t15-/m1/s1. The van der Waals surface area contributed by atoms with Crippen molar-refractivity contribution in [2.45, 2.75) is 13.0 Å². The van der Waals surface area contributed by atoms with Crippen LogP contribution < -0.4 is 5.32 Å². The van der Waals surface area contributed by atoms with Gasteiger partial charge in [-0.25, -0.2) is 9.50 Å². The molecule has 1 atom stereocenters. The van der Waals surface area contributed by atoms with E-state index >= 15 is 0 Å². The van der Waals surface area contributed by atoms with Gasteiger partial charge in [0.2, 0.25) is 0 Å². The largest absolute Gasteiger partial charge is 0.345 e. The summed E-state index contributed by atoms with van der Waals surface area (Å²) >= 11 is 0. The van der Waals surface area contributed by atoms with E-state index in [0.29, 0.717) is 11.2 Å². The molecule has 2 aromatic heterocycles. The number of benzene rings is 2. The van der Waals surface area contributed by atoms with Crippen LogP contribution in [0.1, 0.15) is 28.9 Å². The molecule has 0 saturated heterocycles. The normalized spacial score (nSPS) is 12.0. The summed E-state index contributed by atoms with van der Waals surface area (Å²) in [5.74, 6) is -0.186. The van der Waals surface area contributed by atoms with Crippen molar-refractivity contribution in [3.63, 3.8) is 0 Å². The number of amides is 1. The maximum atomic E-state index is 12.7. The van der Waals surface area contributed by atoms with E-state index in [-0.39, 0.29) is 11.9 Å². The van der Waals surface area contributed by atoms with E-state index in [1.807, 2.05) is 73.7 Å². The first-order chi connectivity index (χ1) is 12.7. The summed E-state index contributed by atoms with van der Waals surface area (Å²) in [4.78, 5) is 17.1. The van der Waals surface area contributed by atoms with E-state index < -0.39 is 0 Å². The number of carbonyl (C=O) groups excluding carboxylic acids is 1. The zero-order chi connectivity index (χ0) is 17.9. The molecule has 2 heterocycles. The number of fused-ring (bicyclic) bond motifs is 1. The molecular formula is C21H18N4O. The molecule has 0 unspecified atom stereocenters. The average Bonchev–Trinajstić information content (AvgIpc) is 3.13. The third-order valence-corrected chi connectivity index (χ3v) is 4.36. The van der Waals surface area contributed by atoms with Crippen molar-refractivity contribution < 1.29 is 4.79 Å². The predicted molar refractivity (Wildman–Crippen MR) is 101 cm³/mol. The molecule has 4 aromatic rings. The molecule has 0 aliphatic rings. The Morgan fingerprint density at radius 1 is 1.00 bits per heavy atom. The number of rotatable bonds is 4. The molecule has 26 heavy (non-hydrogen) atoms. The molecular weight excluding hydrogens is 324 g/mol. The van der Waals surface area contributed by atoms with Crippen LogP contribution >= 0.6 is 0 Å². The Hall–Kier alpha value is -3.47. The van der Waals surface area contributed by atoms with Crippen molar-refractivity contribution in [1.29, 1.82) is 0 Å². The first-order valence-electron chi connectivity index (χ1n) is 8.48. The number of hydrogen-bond donors (Lipinski definition) is 1. The van der Waals surface area contributed by atoms with Gasteiger partial charge in [-0.05, 0) is 18.6 Å². The molecule has 1 amide bonds. The molecule has 4 rings (SSSR count). The molecule has 0 saturated carbocycles. The van der Waals surface area contributed by atoms with Crippen LogP contribution in [0.5, 0.6) is 0 Å². The van der Waals surface area contributed by atoms with Gasteiger partial charge in [-0.2, -0.15) is 5.10 Å². The second-order valence-corrected chi connectivity index (χ2v) is 6.10. The number of aromatic nitrogens is 3. The number of carbonyl (C=O) groups is 1.